The number of likely N-dealkylation sites (tertiary alicyclic amines) is 1. The average Bonchev–Trinajstić information content (AvgIpc) is 3.39. The molecule has 2 saturated heterocycles. The van der Waals surface area contributed by atoms with Crippen LogP contribution in [0.15, 0.2) is 57.9 Å². The third-order valence-electron chi connectivity index (χ3n) is 5.14. The first kappa shape index (κ1) is 21.6. The molecule has 0 atom stereocenters. The second-order valence-electron chi connectivity index (χ2n) is 7.31. The van der Waals surface area contributed by atoms with Crippen molar-refractivity contribution < 1.29 is 19.1 Å². The van der Waals surface area contributed by atoms with Crippen LogP contribution in [0.5, 0.6) is 5.75 Å². The fourth-order valence-corrected chi connectivity index (χ4v) is 4.55. The van der Waals surface area contributed by atoms with E-state index in [1.165, 1.54) is 0 Å². The molecule has 2 fully saturated rings. The highest BCUT2D eigenvalue weighted by Gasteiger charge is 2.37. The summed E-state index contributed by atoms with van der Waals surface area (Å²) in [6.45, 7) is 1.55. The standard InChI is InChI=1S/C23H21BrN2O4S/c24-18-9-7-16(8-10-18)15-30-19-6-2-1-5-17(19)13-20-22(28)26(23(29)31-20)14-21(27)25-11-3-4-12-25/h1-2,5-10,13H,3-4,11-12,14-15H2/b20-13+. The molecule has 160 valence electrons. The number of hydrogen-bond acceptors (Lipinski definition) is 5. The second-order valence-corrected chi connectivity index (χ2v) is 9.22. The van der Waals surface area contributed by atoms with E-state index in [1.54, 1.807) is 11.0 Å². The van der Waals surface area contributed by atoms with Gasteiger partial charge >= 0.3 is 0 Å². The van der Waals surface area contributed by atoms with Gasteiger partial charge in [0.1, 0.15) is 18.9 Å². The van der Waals surface area contributed by atoms with Crippen LogP contribution in [0.25, 0.3) is 6.08 Å². The van der Waals surface area contributed by atoms with Gasteiger partial charge in [0, 0.05) is 23.1 Å². The highest BCUT2D eigenvalue weighted by molar-refractivity contribution is 9.10. The maximum Gasteiger partial charge on any atom is 0.294 e. The lowest BCUT2D eigenvalue weighted by atomic mass is 10.1. The monoisotopic (exact) mass is 500 g/mol. The number of carbonyl (C=O) groups is 3. The van der Waals surface area contributed by atoms with Crippen molar-refractivity contribution >= 4 is 50.8 Å². The molecule has 0 unspecified atom stereocenters. The Labute approximate surface area is 193 Å². The lowest BCUT2D eigenvalue weighted by Crippen LogP contribution is -2.40. The van der Waals surface area contributed by atoms with E-state index in [9.17, 15) is 14.4 Å². The molecule has 0 bridgehead atoms. The van der Waals surface area contributed by atoms with Gasteiger partial charge in [-0.25, -0.2) is 0 Å². The van der Waals surface area contributed by atoms with Crippen molar-refractivity contribution in [3.8, 4) is 5.75 Å². The van der Waals surface area contributed by atoms with Crippen LogP contribution in [-0.4, -0.2) is 46.5 Å². The summed E-state index contributed by atoms with van der Waals surface area (Å²) in [6.07, 6.45) is 3.58. The molecule has 0 aromatic heterocycles. The maximum atomic E-state index is 12.8. The average molecular weight is 501 g/mol. The SMILES string of the molecule is O=C(CN1C(=O)S/C(=C/c2ccccc2OCc2ccc(Br)cc2)C1=O)N1CCCC1. The van der Waals surface area contributed by atoms with Gasteiger partial charge in [0.15, 0.2) is 0 Å². The zero-order valence-electron chi connectivity index (χ0n) is 16.8. The minimum absolute atomic E-state index is 0.181. The smallest absolute Gasteiger partial charge is 0.294 e. The molecule has 8 heteroatoms. The van der Waals surface area contributed by atoms with Crippen LogP contribution >= 0.6 is 27.7 Å². The van der Waals surface area contributed by atoms with Crippen molar-refractivity contribution in [1.82, 2.24) is 9.80 Å². The van der Waals surface area contributed by atoms with E-state index in [0.717, 1.165) is 39.5 Å². The number of ether oxygens (including phenoxy) is 1. The number of halogens is 1. The van der Waals surface area contributed by atoms with Gasteiger partial charge in [0.2, 0.25) is 5.91 Å². The highest BCUT2D eigenvalue weighted by atomic mass is 79.9. The summed E-state index contributed by atoms with van der Waals surface area (Å²) < 4.78 is 6.95. The Morgan fingerprint density at radius 2 is 1.77 bits per heavy atom. The summed E-state index contributed by atoms with van der Waals surface area (Å²) in [4.78, 5) is 40.6. The Kier molecular flexibility index (Phi) is 6.77. The normalized spacial score (nSPS) is 17.6. The molecular weight excluding hydrogens is 480 g/mol. The molecule has 31 heavy (non-hydrogen) atoms. The number of imide groups is 1. The van der Waals surface area contributed by atoms with E-state index in [2.05, 4.69) is 15.9 Å². The summed E-state index contributed by atoms with van der Waals surface area (Å²) in [7, 11) is 0. The van der Waals surface area contributed by atoms with Crippen LogP contribution in [0.2, 0.25) is 0 Å². The highest BCUT2D eigenvalue weighted by Crippen LogP contribution is 2.34. The molecule has 2 aromatic rings. The van der Waals surface area contributed by atoms with Crippen molar-refractivity contribution in [2.75, 3.05) is 19.6 Å². The molecule has 4 rings (SSSR count). The number of thioether (sulfide) groups is 1. The third kappa shape index (κ3) is 5.19. The second kappa shape index (κ2) is 9.70. The van der Waals surface area contributed by atoms with Gasteiger partial charge in [-0.15, -0.1) is 0 Å². The van der Waals surface area contributed by atoms with E-state index in [4.69, 9.17) is 4.74 Å². The van der Waals surface area contributed by atoms with Gasteiger partial charge in [-0.1, -0.05) is 46.3 Å². The molecular formula is C23H21BrN2O4S. The van der Waals surface area contributed by atoms with E-state index in [1.807, 2.05) is 48.5 Å². The van der Waals surface area contributed by atoms with Crippen LogP contribution in [0, 0.1) is 0 Å². The summed E-state index contributed by atoms with van der Waals surface area (Å²) >= 11 is 4.27. The Hall–Kier alpha value is -2.58. The van der Waals surface area contributed by atoms with Gasteiger partial charge < -0.3 is 9.64 Å². The minimum Gasteiger partial charge on any atom is -0.488 e. The van der Waals surface area contributed by atoms with E-state index in [0.29, 0.717) is 35.9 Å². The largest absolute Gasteiger partial charge is 0.488 e. The molecule has 0 aliphatic carbocycles. The van der Waals surface area contributed by atoms with Crippen LogP contribution in [0.4, 0.5) is 4.79 Å². The fourth-order valence-electron chi connectivity index (χ4n) is 3.45. The van der Waals surface area contributed by atoms with Gasteiger partial charge in [-0.3, -0.25) is 19.3 Å². The number of rotatable bonds is 6. The molecule has 2 aliphatic rings. The van der Waals surface area contributed by atoms with Crippen molar-refractivity contribution in [1.29, 1.82) is 0 Å². The maximum absolute atomic E-state index is 12.8. The third-order valence-corrected chi connectivity index (χ3v) is 6.57. The van der Waals surface area contributed by atoms with E-state index < -0.39 is 11.1 Å². The van der Waals surface area contributed by atoms with Crippen LogP contribution in [0.1, 0.15) is 24.0 Å². The molecule has 2 heterocycles. The zero-order valence-corrected chi connectivity index (χ0v) is 19.2. The van der Waals surface area contributed by atoms with Crippen molar-refractivity contribution in [2.45, 2.75) is 19.4 Å². The molecule has 2 aromatic carbocycles. The van der Waals surface area contributed by atoms with Gasteiger partial charge in [0.05, 0.1) is 4.91 Å². The molecule has 0 saturated carbocycles. The van der Waals surface area contributed by atoms with E-state index in [-0.39, 0.29) is 12.5 Å². The number of nitrogens with zero attached hydrogens (tertiary/aromatic N) is 2. The molecule has 6 nitrogen and oxygen atoms in total. The van der Waals surface area contributed by atoms with Crippen molar-refractivity contribution in [3.63, 3.8) is 0 Å². The quantitative estimate of drug-likeness (QED) is 0.538. The zero-order chi connectivity index (χ0) is 21.8. The Morgan fingerprint density at radius 1 is 1.06 bits per heavy atom. The number of amides is 3. The van der Waals surface area contributed by atoms with Gasteiger partial charge in [0.25, 0.3) is 11.1 Å². The Bertz CT molecular complexity index is 1030. The summed E-state index contributed by atoms with van der Waals surface area (Å²) in [5.41, 5.74) is 1.72. The van der Waals surface area contributed by atoms with Crippen molar-refractivity contribution in [3.05, 3.63) is 69.0 Å². The fraction of sp³-hybridized carbons (Fsp3) is 0.261. The summed E-state index contributed by atoms with van der Waals surface area (Å²) in [6, 6.07) is 15.2. The van der Waals surface area contributed by atoms with E-state index >= 15 is 0 Å². The van der Waals surface area contributed by atoms with Gasteiger partial charge in [-0.05, 0) is 54.4 Å². The first-order chi connectivity index (χ1) is 15.0. The van der Waals surface area contributed by atoms with Crippen LogP contribution in [0.3, 0.4) is 0 Å². The topological polar surface area (TPSA) is 66.9 Å². The first-order valence-corrected chi connectivity index (χ1v) is 11.6. The molecule has 0 spiro atoms. The van der Waals surface area contributed by atoms with Crippen molar-refractivity contribution in [2.24, 2.45) is 0 Å². The van der Waals surface area contributed by atoms with Crippen LogP contribution < -0.4 is 4.74 Å². The Balaban J connectivity index is 1.46. The molecule has 3 amide bonds. The number of hydrogen-bond donors (Lipinski definition) is 0. The number of para-hydroxylation sites is 1. The number of carbonyl (C=O) groups excluding carboxylic acids is 3. The molecule has 0 radical (unpaired) electrons. The lowest BCUT2D eigenvalue weighted by molar-refractivity contribution is -0.135. The van der Waals surface area contributed by atoms with Crippen LogP contribution in [-0.2, 0) is 16.2 Å². The first-order valence-electron chi connectivity index (χ1n) is 10.0. The predicted octanol–water partition coefficient (Wildman–Crippen LogP) is 4.69. The molecule has 0 N–H and O–H groups in total. The van der Waals surface area contributed by atoms with Gasteiger partial charge in [-0.2, -0.15) is 0 Å². The lowest BCUT2D eigenvalue weighted by Gasteiger charge is -2.18. The Morgan fingerprint density at radius 3 is 2.52 bits per heavy atom. The molecule has 2 aliphatic heterocycles. The minimum atomic E-state index is -0.440. The summed E-state index contributed by atoms with van der Waals surface area (Å²) in [5, 5.41) is -0.419. The number of benzene rings is 2. The predicted molar refractivity (Wildman–Crippen MR) is 123 cm³/mol. The summed E-state index contributed by atoms with van der Waals surface area (Å²) in [5.74, 6) is -0.00472.